The number of likely N-dealkylation sites (tertiary alicyclic amines) is 1. The molecule has 0 bridgehead atoms. The average Bonchev–Trinajstić information content (AvgIpc) is 2.80. The summed E-state index contributed by atoms with van der Waals surface area (Å²) in [5.41, 5.74) is 2.30. The summed E-state index contributed by atoms with van der Waals surface area (Å²) in [4.78, 5) is 14.0. The predicted molar refractivity (Wildman–Crippen MR) is 74.7 cm³/mol. The first-order valence-electron chi connectivity index (χ1n) is 7.20. The quantitative estimate of drug-likeness (QED) is 0.866. The van der Waals surface area contributed by atoms with Gasteiger partial charge in [0.05, 0.1) is 12.2 Å². The first kappa shape index (κ1) is 14.1. The lowest BCUT2D eigenvalue weighted by molar-refractivity contribution is -0.131. The molecule has 2 heterocycles. The Balaban J connectivity index is 1.77. The van der Waals surface area contributed by atoms with E-state index in [0.29, 0.717) is 6.54 Å². The molecule has 0 spiro atoms. The number of amides is 1. The zero-order valence-electron chi connectivity index (χ0n) is 12.0. The Hall–Kier alpha value is -1.36. The lowest BCUT2D eigenvalue weighted by Gasteiger charge is -2.26. The van der Waals surface area contributed by atoms with Crippen molar-refractivity contribution in [3.8, 4) is 0 Å². The molecule has 1 fully saturated rings. The predicted octanol–water partition coefficient (Wildman–Crippen LogP) is 1.08. The molecule has 1 N–H and O–H groups in total. The summed E-state index contributed by atoms with van der Waals surface area (Å²) >= 11 is 0. The highest BCUT2D eigenvalue weighted by atomic mass is 16.2. The Morgan fingerprint density at radius 2 is 2.11 bits per heavy atom. The summed E-state index contributed by atoms with van der Waals surface area (Å²) in [7, 11) is 1.93. The van der Waals surface area contributed by atoms with Gasteiger partial charge < -0.3 is 10.2 Å². The fraction of sp³-hybridized carbons (Fsp3) is 0.714. The number of hydrogen-bond acceptors (Lipinski definition) is 3. The van der Waals surface area contributed by atoms with Gasteiger partial charge in [-0.05, 0) is 25.7 Å². The van der Waals surface area contributed by atoms with Gasteiger partial charge in [-0.15, -0.1) is 0 Å². The second kappa shape index (κ2) is 6.70. The third-order valence-corrected chi connectivity index (χ3v) is 3.63. The van der Waals surface area contributed by atoms with Crippen molar-refractivity contribution in [1.29, 1.82) is 0 Å². The zero-order chi connectivity index (χ0) is 13.7. The molecule has 19 heavy (non-hydrogen) atoms. The van der Waals surface area contributed by atoms with Gasteiger partial charge in [-0.25, -0.2) is 0 Å². The molecule has 0 aliphatic carbocycles. The molecule has 1 saturated heterocycles. The van der Waals surface area contributed by atoms with Gasteiger partial charge in [-0.2, -0.15) is 5.10 Å². The molecule has 1 aliphatic rings. The number of hydrogen-bond donors (Lipinski definition) is 1. The SMILES string of the molecule is CCc1nn(C)cc1CNCC(=O)N1CCCCC1. The van der Waals surface area contributed by atoms with Crippen LogP contribution in [0.1, 0.15) is 37.4 Å². The van der Waals surface area contributed by atoms with Crippen molar-refractivity contribution in [3.05, 3.63) is 17.5 Å². The van der Waals surface area contributed by atoms with Crippen LogP contribution in [-0.2, 0) is 24.8 Å². The van der Waals surface area contributed by atoms with E-state index in [1.165, 1.54) is 12.0 Å². The minimum absolute atomic E-state index is 0.224. The number of carbonyl (C=O) groups is 1. The van der Waals surface area contributed by atoms with E-state index in [0.717, 1.165) is 44.6 Å². The number of rotatable bonds is 5. The molecular weight excluding hydrogens is 240 g/mol. The van der Waals surface area contributed by atoms with E-state index in [9.17, 15) is 4.79 Å². The van der Waals surface area contributed by atoms with E-state index < -0.39 is 0 Å². The topological polar surface area (TPSA) is 50.2 Å². The van der Waals surface area contributed by atoms with E-state index in [1.807, 2.05) is 22.8 Å². The van der Waals surface area contributed by atoms with Crippen LogP contribution in [0.25, 0.3) is 0 Å². The fourth-order valence-electron chi connectivity index (χ4n) is 2.59. The molecule has 1 aliphatic heterocycles. The summed E-state index contributed by atoms with van der Waals surface area (Å²) in [6, 6.07) is 0. The fourth-order valence-corrected chi connectivity index (χ4v) is 2.59. The minimum Gasteiger partial charge on any atom is -0.342 e. The zero-order valence-corrected chi connectivity index (χ0v) is 12.0. The van der Waals surface area contributed by atoms with Gasteiger partial charge in [0.25, 0.3) is 0 Å². The standard InChI is InChI=1S/C14H24N4O/c1-3-13-12(11-17(2)16-13)9-15-10-14(19)18-7-5-4-6-8-18/h11,15H,3-10H2,1-2H3. The van der Waals surface area contributed by atoms with Crippen LogP contribution in [-0.4, -0.2) is 40.2 Å². The summed E-state index contributed by atoms with van der Waals surface area (Å²) in [5, 5.41) is 7.64. The molecule has 0 atom stereocenters. The number of aryl methyl sites for hydroxylation is 2. The molecule has 106 valence electrons. The molecule has 2 rings (SSSR count). The number of piperidine rings is 1. The molecule has 5 nitrogen and oxygen atoms in total. The van der Waals surface area contributed by atoms with Gasteiger partial charge in [0.1, 0.15) is 0 Å². The molecule has 0 unspecified atom stereocenters. The largest absolute Gasteiger partial charge is 0.342 e. The van der Waals surface area contributed by atoms with Crippen LogP contribution >= 0.6 is 0 Å². The van der Waals surface area contributed by atoms with Crippen LogP contribution in [0.5, 0.6) is 0 Å². The summed E-state index contributed by atoms with van der Waals surface area (Å²) in [6.07, 6.45) is 6.50. The Kier molecular flexibility index (Phi) is 4.96. The van der Waals surface area contributed by atoms with Crippen LogP contribution in [0, 0.1) is 0 Å². The van der Waals surface area contributed by atoms with Crippen molar-refractivity contribution in [3.63, 3.8) is 0 Å². The molecule has 0 radical (unpaired) electrons. The van der Waals surface area contributed by atoms with Crippen molar-refractivity contribution < 1.29 is 4.79 Å². The lowest BCUT2D eigenvalue weighted by atomic mass is 10.1. The second-order valence-corrected chi connectivity index (χ2v) is 5.17. The third kappa shape index (κ3) is 3.80. The van der Waals surface area contributed by atoms with Gasteiger partial charge in [0.2, 0.25) is 5.91 Å². The van der Waals surface area contributed by atoms with Gasteiger partial charge in [-0.1, -0.05) is 6.92 Å². The molecule has 1 aromatic rings. The van der Waals surface area contributed by atoms with E-state index >= 15 is 0 Å². The van der Waals surface area contributed by atoms with Crippen LogP contribution in [0.15, 0.2) is 6.20 Å². The van der Waals surface area contributed by atoms with Crippen molar-refractivity contribution in [2.24, 2.45) is 7.05 Å². The average molecular weight is 264 g/mol. The first-order chi connectivity index (χ1) is 9.20. The Morgan fingerprint density at radius 3 is 2.79 bits per heavy atom. The van der Waals surface area contributed by atoms with Gasteiger partial charge in [0, 0.05) is 38.4 Å². The number of nitrogens with one attached hydrogen (secondary N) is 1. The summed E-state index contributed by atoms with van der Waals surface area (Å²) in [5.74, 6) is 0.224. The Bertz CT molecular complexity index is 421. The Morgan fingerprint density at radius 1 is 1.37 bits per heavy atom. The van der Waals surface area contributed by atoms with Gasteiger partial charge in [0.15, 0.2) is 0 Å². The van der Waals surface area contributed by atoms with E-state index in [1.54, 1.807) is 0 Å². The maximum Gasteiger partial charge on any atom is 0.236 e. The second-order valence-electron chi connectivity index (χ2n) is 5.17. The van der Waals surface area contributed by atoms with E-state index in [-0.39, 0.29) is 5.91 Å². The van der Waals surface area contributed by atoms with Crippen LogP contribution in [0.4, 0.5) is 0 Å². The van der Waals surface area contributed by atoms with Crippen LogP contribution < -0.4 is 5.32 Å². The van der Waals surface area contributed by atoms with Crippen molar-refractivity contribution in [2.45, 2.75) is 39.2 Å². The number of carbonyl (C=O) groups excluding carboxylic acids is 1. The smallest absolute Gasteiger partial charge is 0.236 e. The lowest BCUT2D eigenvalue weighted by Crippen LogP contribution is -2.41. The maximum absolute atomic E-state index is 12.0. The molecule has 1 aromatic heterocycles. The maximum atomic E-state index is 12.0. The molecular formula is C14H24N4O. The molecule has 0 saturated carbocycles. The summed E-state index contributed by atoms with van der Waals surface area (Å²) in [6.45, 7) is 5.10. The Labute approximate surface area is 115 Å². The highest BCUT2D eigenvalue weighted by Gasteiger charge is 2.16. The number of nitrogens with zero attached hydrogens (tertiary/aromatic N) is 3. The first-order valence-corrected chi connectivity index (χ1v) is 7.20. The van der Waals surface area contributed by atoms with Gasteiger partial charge in [-0.3, -0.25) is 9.48 Å². The highest BCUT2D eigenvalue weighted by molar-refractivity contribution is 5.78. The third-order valence-electron chi connectivity index (χ3n) is 3.63. The summed E-state index contributed by atoms with van der Waals surface area (Å²) < 4.78 is 1.84. The monoisotopic (exact) mass is 264 g/mol. The van der Waals surface area contributed by atoms with Gasteiger partial charge >= 0.3 is 0 Å². The molecule has 5 heteroatoms. The van der Waals surface area contributed by atoms with Crippen LogP contribution in [0.3, 0.4) is 0 Å². The molecule has 1 amide bonds. The molecule has 0 aromatic carbocycles. The minimum atomic E-state index is 0.224. The van der Waals surface area contributed by atoms with Crippen molar-refractivity contribution in [1.82, 2.24) is 20.0 Å². The highest BCUT2D eigenvalue weighted by Crippen LogP contribution is 2.09. The van der Waals surface area contributed by atoms with Crippen molar-refractivity contribution in [2.75, 3.05) is 19.6 Å². The van der Waals surface area contributed by atoms with Crippen molar-refractivity contribution >= 4 is 5.91 Å². The van der Waals surface area contributed by atoms with E-state index in [4.69, 9.17) is 0 Å². The van der Waals surface area contributed by atoms with E-state index in [2.05, 4.69) is 17.3 Å². The normalized spacial score (nSPS) is 15.8. The van der Waals surface area contributed by atoms with Crippen LogP contribution in [0.2, 0.25) is 0 Å². The number of aromatic nitrogens is 2.